The van der Waals surface area contributed by atoms with Gasteiger partial charge in [0.1, 0.15) is 18.2 Å². The summed E-state index contributed by atoms with van der Waals surface area (Å²) in [5.74, 6) is 0.624. The van der Waals surface area contributed by atoms with E-state index in [0.29, 0.717) is 47.7 Å². The van der Waals surface area contributed by atoms with Gasteiger partial charge in [0.05, 0.1) is 11.6 Å². The zero-order valence-electron chi connectivity index (χ0n) is 16.4. The molecular weight excluding hydrogens is 436 g/mol. The van der Waals surface area contributed by atoms with Gasteiger partial charge in [-0.15, -0.1) is 0 Å². The highest BCUT2D eigenvalue weighted by atomic mass is 79.9. The van der Waals surface area contributed by atoms with Crippen LogP contribution in [0.4, 0.5) is 0 Å². The van der Waals surface area contributed by atoms with Crippen molar-refractivity contribution in [2.75, 3.05) is 27.4 Å². The summed E-state index contributed by atoms with van der Waals surface area (Å²) < 4.78 is 17.0. The summed E-state index contributed by atoms with van der Waals surface area (Å²) in [4.78, 5) is 12.2. The molecular formula is C22H23BrN2O4. The summed E-state index contributed by atoms with van der Waals surface area (Å²) in [6.45, 7) is 1.36. The Bertz CT molecular complexity index is 892. The Morgan fingerprint density at radius 3 is 2.66 bits per heavy atom. The molecule has 2 aromatic carbocycles. The van der Waals surface area contributed by atoms with Crippen molar-refractivity contribution in [3.63, 3.8) is 0 Å². The zero-order chi connectivity index (χ0) is 21.1. The number of halogens is 1. The Balaban J connectivity index is 2.16. The number of hydrogen-bond acceptors (Lipinski definition) is 5. The minimum atomic E-state index is -0.428. The average molecular weight is 459 g/mol. The smallest absolute Gasteiger partial charge is 0.261 e. The summed E-state index contributed by atoms with van der Waals surface area (Å²) in [5, 5.41) is 12.1. The highest BCUT2D eigenvalue weighted by Crippen LogP contribution is 2.37. The number of rotatable bonds is 10. The molecule has 0 aliphatic carbocycles. The standard InChI is InChI=1S/C22H23BrN2O4/c1-27-10-6-9-25-22(26)18(14-24)11-17-12-19(23)21(20(13-17)28-2)29-15-16-7-4-3-5-8-16/h3-5,7-8,11-13H,6,9-10,15H2,1-2H3,(H,25,26)/b18-11+. The molecule has 0 aliphatic rings. The fourth-order valence-corrected chi connectivity index (χ4v) is 3.10. The van der Waals surface area contributed by atoms with Crippen molar-refractivity contribution in [3.05, 3.63) is 63.6 Å². The second-order valence-corrected chi connectivity index (χ2v) is 6.93. The first-order chi connectivity index (χ1) is 14.1. The van der Waals surface area contributed by atoms with E-state index in [4.69, 9.17) is 14.2 Å². The van der Waals surface area contributed by atoms with Crippen LogP contribution in [0.5, 0.6) is 11.5 Å². The number of amides is 1. The van der Waals surface area contributed by atoms with Gasteiger partial charge in [-0.2, -0.15) is 5.26 Å². The molecule has 0 aromatic heterocycles. The third kappa shape index (κ3) is 6.93. The topological polar surface area (TPSA) is 80.6 Å². The van der Waals surface area contributed by atoms with Gasteiger partial charge in [-0.1, -0.05) is 30.3 Å². The number of nitriles is 1. The van der Waals surface area contributed by atoms with E-state index >= 15 is 0 Å². The van der Waals surface area contributed by atoms with Crippen LogP contribution in [0.1, 0.15) is 17.5 Å². The maximum atomic E-state index is 12.2. The highest BCUT2D eigenvalue weighted by molar-refractivity contribution is 9.10. The molecule has 0 heterocycles. The third-order valence-electron chi connectivity index (χ3n) is 3.96. The molecule has 0 atom stereocenters. The number of benzene rings is 2. The number of nitrogens with one attached hydrogen (secondary N) is 1. The van der Waals surface area contributed by atoms with Crippen LogP contribution in [0.3, 0.4) is 0 Å². The third-order valence-corrected chi connectivity index (χ3v) is 4.55. The van der Waals surface area contributed by atoms with Crippen molar-refractivity contribution < 1.29 is 19.0 Å². The van der Waals surface area contributed by atoms with Gasteiger partial charge in [0, 0.05) is 20.3 Å². The van der Waals surface area contributed by atoms with E-state index in [-0.39, 0.29) is 5.57 Å². The summed E-state index contributed by atoms with van der Waals surface area (Å²) in [7, 11) is 3.14. The number of methoxy groups -OCH3 is 2. The normalized spacial score (nSPS) is 10.9. The van der Waals surface area contributed by atoms with Crippen LogP contribution in [0, 0.1) is 11.3 Å². The molecule has 0 aliphatic heterocycles. The van der Waals surface area contributed by atoms with Gasteiger partial charge in [0.15, 0.2) is 11.5 Å². The summed E-state index contributed by atoms with van der Waals surface area (Å²) in [5.41, 5.74) is 1.68. The van der Waals surface area contributed by atoms with Gasteiger partial charge < -0.3 is 19.5 Å². The van der Waals surface area contributed by atoms with Crippen LogP contribution in [-0.2, 0) is 16.1 Å². The molecule has 152 valence electrons. The lowest BCUT2D eigenvalue weighted by Gasteiger charge is -2.14. The Kier molecular flexibility index (Phi) is 9.22. The summed E-state index contributed by atoms with van der Waals surface area (Å²) in [6.07, 6.45) is 2.19. The first-order valence-electron chi connectivity index (χ1n) is 9.02. The molecule has 1 N–H and O–H groups in total. The van der Waals surface area contributed by atoms with E-state index in [9.17, 15) is 10.1 Å². The van der Waals surface area contributed by atoms with Crippen LogP contribution in [0.2, 0.25) is 0 Å². The second-order valence-electron chi connectivity index (χ2n) is 6.08. The molecule has 1 amide bonds. The number of carbonyl (C=O) groups excluding carboxylic acids is 1. The lowest BCUT2D eigenvalue weighted by Crippen LogP contribution is -2.26. The van der Waals surface area contributed by atoms with Gasteiger partial charge in [0.25, 0.3) is 5.91 Å². The number of nitrogens with zero attached hydrogens (tertiary/aromatic N) is 1. The average Bonchev–Trinajstić information content (AvgIpc) is 2.74. The maximum absolute atomic E-state index is 12.2. The van der Waals surface area contributed by atoms with Crippen LogP contribution in [0.15, 0.2) is 52.5 Å². The molecule has 29 heavy (non-hydrogen) atoms. The minimum absolute atomic E-state index is 0.00863. The summed E-state index contributed by atoms with van der Waals surface area (Å²) >= 11 is 3.49. The molecule has 6 nitrogen and oxygen atoms in total. The van der Waals surface area contributed by atoms with Crippen molar-refractivity contribution in [2.45, 2.75) is 13.0 Å². The van der Waals surface area contributed by atoms with Crippen LogP contribution >= 0.6 is 15.9 Å². The molecule has 0 spiro atoms. The van der Waals surface area contributed by atoms with Crippen molar-refractivity contribution >= 4 is 27.9 Å². The van der Waals surface area contributed by atoms with E-state index in [1.165, 1.54) is 6.08 Å². The number of ether oxygens (including phenoxy) is 3. The van der Waals surface area contributed by atoms with Crippen LogP contribution in [0.25, 0.3) is 6.08 Å². The van der Waals surface area contributed by atoms with E-state index in [1.54, 1.807) is 26.4 Å². The first kappa shape index (κ1) is 22.5. The number of hydrogen-bond donors (Lipinski definition) is 1. The molecule has 2 rings (SSSR count). The largest absolute Gasteiger partial charge is 0.493 e. The number of carbonyl (C=O) groups is 1. The Morgan fingerprint density at radius 1 is 1.24 bits per heavy atom. The van der Waals surface area contributed by atoms with Crippen molar-refractivity contribution in [1.29, 1.82) is 5.26 Å². The van der Waals surface area contributed by atoms with Gasteiger partial charge in [0.2, 0.25) is 0 Å². The van der Waals surface area contributed by atoms with E-state index < -0.39 is 5.91 Å². The first-order valence-corrected chi connectivity index (χ1v) is 9.81. The molecule has 0 saturated carbocycles. The fraction of sp³-hybridized carbons (Fsp3) is 0.273. The Labute approximate surface area is 179 Å². The summed E-state index contributed by atoms with van der Waals surface area (Å²) in [6, 6.07) is 15.2. The molecule has 0 bridgehead atoms. The van der Waals surface area contributed by atoms with Crippen molar-refractivity contribution in [1.82, 2.24) is 5.32 Å². The monoisotopic (exact) mass is 458 g/mol. The zero-order valence-corrected chi connectivity index (χ0v) is 18.0. The molecule has 0 unspecified atom stereocenters. The second kappa shape index (κ2) is 11.9. The molecule has 0 saturated heterocycles. The van der Waals surface area contributed by atoms with Gasteiger partial charge in [-0.25, -0.2) is 0 Å². The van der Waals surface area contributed by atoms with E-state index in [2.05, 4.69) is 21.2 Å². The highest BCUT2D eigenvalue weighted by Gasteiger charge is 2.14. The SMILES string of the molecule is COCCCNC(=O)/C(C#N)=C/c1cc(Br)c(OCc2ccccc2)c(OC)c1. The predicted octanol–water partition coefficient (Wildman–Crippen LogP) is 4.10. The van der Waals surface area contributed by atoms with E-state index in [0.717, 1.165) is 5.56 Å². The van der Waals surface area contributed by atoms with Crippen LogP contribution < -0.4 is 14.8 Å². The molecule has 0 fully saturated rings. The minimum Gasteiger partial charge on any atom is -0.493 e. The lowest BCUT2D eigenvalue weighted by atomic mass is 10.1. The Morgan fingerprint density at radius 2 is 2.00 bits per heavy atom. The lowest BCUT2D eigenvalue weighted by molar-refractivity contribution is -0.117. The molecule has 2 aromatic rings. The van der Waals surface area contributed by atoms with Crippen LogP contribution in [-0.4, -0.2) is 33.3 Å². The van der Waals surface area contributed by atoms with Crippen molar-refractivity contribution in [2.24, 2.45) is 0 Å². The molecule has 0 radical (unpaired) electrons. The van der Waals surface area contributed by atoms with Crippen molar-refractivity contribution in [3.8, 4) is 17.6 Å². The molecule has 7 heteroatoms. The van der Waals surface area contributed by atoms with Gasteiger partial charge in [-0.3, -0.25) is 4.79 Å². The van der Waals surface area contributed by atoms with E-state index in [1.807, 2.05) is 36.4 Å². The Hall–Kier alpha value is -2.82. The van der Waals surface area contributed by atoms with Gasteiger partial charge >= 0.3 is 0 Å². The maximum Gasteiger partial charge on any atom is 0.261 e. The fourth-order valence-electron chi connectivity index (χ4n) is 2.52. The van der Waals surface area contributed by atoms with Gasteiger partial charge in [-0.05, 0) is 51.7 Å². The quantitative estimate of drug-likeness (QED) is 0.329. The predicted molar refractivity (Wildman–Crippen MR) is 115 cm³/mol.